The normalized spacial score (nSPS) is 10.5. The van der Waals surface area contributed by atoms with Crippen molar-refractivity contribution >= 4 is 35.2 Å². The molecule has 0 spiro atoms. The number of ether oxygens (including phenoxy) is 3. The van der Waals surface area contributed by atoms with Crippen LogP contribution < -0.4 is 14.8 Å². The molecule has 2 rings (SSSR count). The largest absolute Gasteiger partial charge is 0.493 e. The van der Waals surface area contributed by atoms with Gasteiger partial charge < -0.3 is 19.5 Å². The zero-order valence-corrected chi connectivity index (χ0v) is 16.0. The summed E-state index contributed by atoms with van der Waals surface area (Å²) in [6.45, 7) is 1.46. The number of methoxy groups -OCH3 is 2. The van der Waals surface area contributed by atoms with Crippen molar-refractivity contribution < 1.29 is 23.8 Å². The van der Waals surface area contributed by atoms with Crippen LogP contribution in [0.15, 0.2) is 42.5 Å². The van der Waals surface area contributed by atoms with E-state index in [-0.39, 0.29) is 0 Å². The summed E-state index contributed by atoms with van der Waals surface area (Å²) in [4.78, 5) is 23.6. The minimum Gasteiger partial charge on any atom is -0.493 e. The Bertz CT molecular complexity index is 863. The summed E-state index contributed by atoms with van der Waals surface area (Å²) in [7, 11) is 3.07. The summed E-state index contributed by atoms with van der Waals surface area (Å²) in [6.07, 6.45) is 2.79. The van der Waals surface area contributed by atoms with Crippen molar-refractivity contribution in [3.05, 3.63) is 58.6 Å². The molecule has 0 radical (unpaired) electrons. The number of hydrogen-bond acceptors (Lipinski definition) is 5. The summed E-state index contributed by atoms with van der Waals surface area (Å²) in [6, 6.07) is 10.3. The molecule has 0 saturated heterocycles. The van der Waals surface area contributed by atoms with E-state index >= 15 is 0 Å². The van der Waals surface area contributed by atoms with E-state index in [0.717, 1.165) is 11.1 Å². The molecule has 0 bridgehead atoms. The van der Waals surface area contributed by atoms with Gasteiger partial charge in [0.2, 0.25) is 0 Å². The summed E-state index contributed by atoms with van der Waals surface area (Å²) < 4.78 is 15.3. The van der Waals surface area contributed by atoms with E-state index < -0.39 is 18.5 Å². The Kier molecular flexibility index (Phi) is 7.25. The Morgan fingerprint density at radius 2 is 1.81 bits per heavy atom. The molecule has 27 heavy (non-hydrogen) atoms. The van der Waals surface area contributed by atoms with Crippen LogP contribution in [0.1, 0.15) is 11.1 Å². The molecule has 2 aromatic carbocycles. The first-order valence-corrected chi connectivity index (χ1v) is 8.43. The molecule has 0 aliphatic carbocycles. The van der Waals surface area contributed by atoms with E-state index in [1.165, 1.54) is 13.2 Å². The quantitative estimate of drug-likeness (QED) is 0.575. The van der Waals surface area contributed by atoms with Gasteiger partial charge in [-0.05, 0) is 48.4 Å². The molecule has 6 nitrogen and oxygen atoms in total. The molecule has 0 atom stereocenters. The zero-order valence-electron chi connectivity index (χ0n) is 15.2. The van der Waals surface area contributed by atoms with Gasteiger partial charge in [0.05, 0.1) is 14.2 Å². The molecule has 0 heterocycles. The van der Waals surface area contributed by atoms with E-state index in [1.807, 2.05) is 6.92 Å². The van der Waals surface area contributed by atoms with Crippen molar-refractivity contribution in [2.45, 2.75) is 6.92 Å². The molecular formula is C20H20ClNO5. The van der Waals surface area contributed by atoms with Crippen molar-refractivity contribution in [3.8, 4) is 11.5 Å². The van der Waals surface area contributed by atoms with E-state index in [9.17, 15) is 9.59 Å². The molecule has 0 aliphatic heterocycles. The first-order chi connectivity index (χ1) is 12.9. The molecular weight excluding hydrogens is 370 g/mol. The van der Waals surface area contributed by atoms with Gasteiger partial charge in [0, 0.05) is 16.8 Å². The van der Waals surface area contributed by atoms with Gasteiger partial charge in [-0.15, -0.1) is 0 Å². The molecule has 142 valence electrons. The standard InChI is InChI=1S/C20H20ClNO5/c1-13-4-7-15(11-16(13)21)22-19(23)12-27-20(24)9-6-14-5-8-17(25-2)18(10-14)26-3/h4-11H,12H2,1-3H3,(H,22,23)/b9-6+. The maximum Gasteiger partial charge on any atom is 0.331 e. The third-order valence-corrected chi connectivity index (χ3v) is 4.03. The third-order valence-electron chi connectivity index (χ3n) is 3.62. The third kappa shape index (κ3) is 6.04. The number of aryl methyl sites for hydroxylation is 1. The topological polar surface area (TPSA) is 73.9 Å². The smallest absolute Gasteiger partial charge is 0.331 e. The molecule has 0 unspecified atom stereocenters. The number of carbonyl (C=O) groups is 2. The van der Waals surface area contributed by atoms with Crippen LogP contribution >= 0.6 is 11.6 Å². The van der Waals surface area contributed by atoms with Crippen LogP contribution in [-0.2, 0) is 14.3 Å². The molecule has 0 aromatic heterocycles. The van der Waals surface area contributed by atoms with Crippen molar-refractivity contribution in [2.24, 2.45) is 0 Å². The highest BCUT2D eigenvalue weighted by Gasteiger charge is 2.07. The Labute approximate surface area is 162 Å². The van der Waals surface area contributed by atoms with Gasteiger partial charge in [-0.25, -0.2) is 4.79 Å². The van der Waals surface area contributed by atoms with Gasteiger partial charge in [0.15, 0.2) is 18.1 Å². The summed E-state index contributed by atoms with van der Waals surface area (Å²) in [5.41, 5.74) is 2.16. The lowest BCUT2D eigenvalue weighted by Crippen LogP contribution is -2.20. The summed E-state index contributed by atoms with van der Waals surface area (Å²) in [5, 5.41) is 3.16. The number of esters is 1. The first-order valence-electron chi connectivity index (χ1n) is 8.06. The monoisotopic (exact) mass is 389 g/mol. The number of carbonyl (C=O) groups excluding carboxylic acids is 2. The lowest BCUT2D eigenvalue weighted by Gasteiger charge is -2.08. The van der Waals surface area contributed by atoms with E-state index in [2.05, 4.69) is 5.32 Å². The van der Waals surface area contributed by atoms with Gasteiger partial charge >= 0.3 is 5.97 Å². The average molecular weight is 390 g/mol. The predicted molar refractivity (Wildman–Crippen MR) is 104 cm³/mol. The number of halogens is 1. The fourth-order valence-electron chi connectivity index (χ4n) is 2.17. The zero-order chi connectivity index (χ0) is 19.8. The second kappa shape index (κ2) is 9.64. The maximum absolute atomic E-state index is 11.9. The highest BCUT2D eigenvalue weighted by molar-refractivity contribution is 6.31. The van der Waals surface area contributed by atoms with Crippen LogP contribution in [0, 0.1) is 6.92 Å². The van der Waals surface area contributed by atoms with Gasteiger partial charge in [0.25, 0.3) is 5.91 Å². The Hall–Kier alpha value is -2.99. The number of hydrogen-bond donors (Lipinski definition) is 1. The number of amides is 1. The van der Waals surface area contributed by atoms with Crippen molar-refractivity contribution in [1.82, 2.24) is 0 Å². The number of rotatable bonds is 7. The molecule has 0 aliphatic rings. The van der Waals surface area contributed by atoms with Crippen LogP contribution in [0.4, 0.5) is 5.69 Å². The van der Waals surface area contributed by atoms with Crippen LogP contribution in [0.5, 0.6) is 11.5 Å². The average Bonchev–Trinajstić information content (AvgIpc) is 2.67. The first kappa shape index (κ1) is 20.3. The van der Waals surface area contributed by atoms with Gasteiger partial charge in [-0.3, -0.25) is 4.79 Å². The van der Waals surface area contributed by atoms with E-state index in [1.54, 1.807) is 49.6 Å². The molecule has 1 N–H and O–H groups in total. The predicted octanol–water partition coefficient (Wildman–Crippen LogP) is 3.86. The van der Waals surface area contributed by atoms with Crippen LogP contribution in [0.3, 0.4) is 0 Å². The second-order valence-corrected chi connectivity index (χ2v) is 5.97. The van der Waals surface area contributed by atoms with Crippen molar-refractivity contribution in [2.75, 3.05) is 26.1 Å². The number of nitrogens with one attached hydrogen (secondary N) is 1. The van der Waals surface area contributed by atoms with Crippen LogP contribution in [0.25, 0.3) is 6.08 Å². The molecule has 2 aromatic rings. The van der Waals surface area contributed by atoms with Crippen LogP contribution in [-0.4, -0.2) is 32.7 Å². The highest BCUT2D eigenvalue weighted by Crippen LogP contribution is 2.28. The van der Waals surface area contributed by atoms with Gasteiger partial charge in [-0.1, -0.05) is 23.7 Å². The number of benzene rings is 2. The van der Waals surface area contributed by atoms with Crippen molar-refractivity contribution in [3.63, 3.8) is 0 Å². The van der Waals surface area contributed by atoms with Gasteiger partial charge in [0.1, 0.15) is 0 Å². The molecule has 1 amide bonds. The van der Waals surface area contributed by atoms with Crippen molar-refractivity contribution in [1.29, 1.82) is 0 Å². The Morgan fingerprint density at radius 3 is 2.48 bits per heavy atom. The lowest BCUT2D eigenvalue weighted by atomic mass is 10.2. The minimum atomic E-state index is -0.637. The second-order valence-electron chi connectivity index (χ2n) is 5.57. The van der Waals surface area contributed by atoms with E-state index in [0.29, 0.717) is 22.2 Å². The van der Waals surface area contributed by atoms with E-state index in [4.69, 9.17) is 25.8 Å². The number of anilines is 1. The summed E-state index contributed by atoms with van der Waals surface area (Å²) >= 11 is 6.00. The Balaban J connectivity index is 1.87. The molecule has 0 fully saturated rings. The lowest BCUT2D eigenvalue weighted by molar-refractivity contribution is -0.142. The van der Waals surface area contributed by atoms with Gasteiger partial charge in [-0.2, -0.15) is 0 Å². The molecule has 0 saturated carbocycles. The SMILES string of the molecule is COc1ccc(/C=C/C(=O)OCC(=O)Nc2ccc(C)c(Cl)c2)cc1OC. The highest BCUT2D eigenvalue weighted by atomic mass is 35.5. The summed E-state index contributed by atoms with van der Waals surface area (Å²) in [5.74, 6) is 0.0407. The maximum atomic E-state index is 11.9. The fourth-order valence-corrected chi connectivity index (χ4v) is 2.35. The minimum absolute atomic E-state index is 0.402. The Morgan fingerprint density at radius 1 is 1.07 bits per heavy atom. The molecule has 7 heteroatoms. The fraction of sp³-hybridized carbons (Fsp3) is 0.200. The van der Waals surface area contributed by atoms with Crippen LogP contribution in [0.2, 0.25) is 5.02 Å².